The molecule has 14 rings (SSSR count). The van der Waals surface area contributed by atoms with Crippen LogP contribution in [0.1, 0.15) is 42.6 Å². The molecule has 3 aromatic heterocycles. The third kappa shape index (κ3) is 3.71. The molecule has 0 unspecified atom stereocenters. The second-order valence-corrected chi connectivity index (χ2v) is 13.6. The summed E-state index contributed by atoms with van der Waals surface area (Å²) in [6.45, 7) is -0.492. The van der Waals surface area contributed by atoms with Gasteiger partial charge in [-0.25, -0.2) is 0 Å². The van der Waals surface area contributed by atoms with Crippen molar-refractivity contribution in [3.63, 3.8) is 0 Å². The maximum Gasteiger partial charge on any atom is 0.297 e. The van der Waals surface area contributed by atoms with E-state index in [1.54, 1.807) is 0 Å². The Morgan fingerprint density at radius 1 is 0.491 bits per heavy atom. The number of nitrogens with zero attached hydrogens (tertiary/aromatic N) is 3. The summed E-state index contributed by atoms with van der Waals surface area (Å²) in [5, 5.41) is -1.96. The molecule has 264 valence electrons. The molecule has 8 aromatic carbocycles. The number of para-hydroxylation sites is 4. The molecule has 57 heavy (non-hydrogen) atoms. The quantitative estimate of drug-likeness (QED) is 0.165. The van der Waals surface area contributed by atoms with Crippen molar-refractivity contribution in [3.05, 3.63) is 169 Å². The van der Waals surface area contributed by atoms with Crippen molar-refractivity contribution in [3.8, 4) is 16.8 Å². The number of furan rings is 2. The second-order valence-electron chi connectivity index (χ2n) is 13.6. The van der Waals surface area contributed by atoms with E-state index in [2.05, 4.69) is 0 Å². The van der Waals surface area contributed by atoms with Crippen molar-refractivity contribution < 1.29 is 45.8 Å². The molecule has 0 amide bonds. The second kappa shape index (κ2) is 10.4. The molecule has 6 heteroatoms. The molecule has 0 spiro atoms. The van der Waals surface area contributed by atoms with E-state index in [9.17, 15) is 21.9 Å². The summed E-state index contributed by atoms with van der Waals surface area (Å²) < 4.78 is 264. The minimum atomic E-state index is -1.81. The van der Waals surface area contributed by atoms with Crippen LogP contribution < -0.4 is 26.4 Å². The van der Waals surface area contributed by atoms with E-state index in [-0.39, 0.29) is 66.4 Å². The third-order valence-electron chi connectivity index (χ3n) is 10.7. The van der Waals surface area contributed by atoms with Crippen LogP contribution in [0, 0.1) is 6.92 Å². The van der Waals surface area contributed by atoms with Crippen molar-refractivity contribution in [2.24, 2.45) is 0 Å². The Hall–Kier alpha value is -7.44. The lowest BCUT2D eigenvalue weighted by molar-refractivity contribution is 0.651. The molecule has 6 heterocycles. The molecule has 0 saturated carbocycles. The SMILES string of the molecule is [2H]c1c([2H])c([2H])c(-c2c([2H])c([2H])c3oc4c(c3c2[2H])N(c2c([2H])c([2H])c3c(oc5c([2H])c([2H])c([2H])c([2H])c53)c2[2H])c2c([2H])c(C)c([2H])c3c2B4c2c([2H])c([2H])c([2H])c4c2N3c2c([2H])c([2H])c([2H])c3c5c([2H])c([2H])c([2H])c([2H])c5n-4c23)c([2H])c1[2H]. The van der Waals surface area contributed by atoms with E-state index in [1.807, 2.05) is 0 Å². The highest BCUT2D eigenvalue weighted by Crippen LogP contribution is 2.53. The van der Waals surface area contributed by atoms with E-state index in [1.165, 1.54) is 11.8 Å². The van der Waals surface area contributed by atoms with Crippen LogP contribution in [-0.4, -0.2) is 11.3 Å². The maximum absolute atomic E-state index is 10.1. The van der Waals surface area contributed by atoms with Gasteiger partial charge in [0.1, 0.15) is 16.7 Å². The van der Waals surface area contributed by atoms with Crippen molar-refractivity contribution >= 4 is 112 Å². The fraction of sp³-hybridized carbons (Fsp3) is 0.0196. The summed E-state index contributed by atoms with van der Waals surface area (Å²) in [6.07, 6.45) is 0. The van der Waals surface area contributed by atoms with Crippen molar-refractivity contribution in [1.29, 1.82) is 0 Å². The summed E-state index contributed by atoms with van der Waals surface area (Å²) in [4.78, 5) is 2.19. The van der Waals surface area contributed by atoms with Crippen LogP contribution in [0.2, 0.25) is 0 Å². The number of hydrogen-bond donors (Lipinski definition) is 0. The van der Waals surface area contributed by atoms with E-state index in [0.29, 0.717) is 0 Å². The molecule has 11 aromatic rings. The monoisotopic (exact) mass is 754 g/mol. The topological polar surface area (TPSA) is 37.7 Å². The first-order valence-corrected chi connectivity index (χ1v) is 17.4. The summed E-state index contributed by atoms with van der Waals surface area (Å²) in [7, 11) is 0. The van der Waals surface area contributed by atoms with Gasteiger partial charge in [-0.3, -0.25) is 0 Å². The van der Waals surface area contributed by atoms with E-state index in [0.717, 1.165) is 9.47 Å². The zero-order valence-electron chi connectivity index (χ0n) is 55.7. The molecular formula is C51H30BN3O2. The number of anilines is 6. The maximum atomic E-state index is 10.1. The predicted octanol–water partition coefficient (Wildman–Crippen LogP) is 11.8. The lowest BCUT2D eigenvalue weighted by Gasteiger charge is -2.44. The molecular weight excluding hydrogens is 697 g/mol. The molecule has 3 aliphatic heterocycles. The molecule has 0 aliphatic carbocycles. The van der Waals surface area contributed by atoms with Gasteiger partial charge in [-0.05, 0) is 95.0 Å². The molecule has 0 bridgehead atoms. The smallest absolute Gasteiger partial charge is 0.297 e. The molecule has 0 saturated heterocycles. The Morgan fingerprint density at radius 2 is 1.23 bits per heavy atom. The molecule has 0 fully saturated rings. The lowest BCUT2D eigenvalue weighted by Crippen LogP contribution is -2.61. The van der Waals surface area contributed by atoms with Crippen LogP contribution in [-0.2, 0) is 0 Å². The average molecular weight is 755 g/mol. The Balaban J connectivity index is 1.25. The highest BCUT2D eigenvalue weighted by atomic mass is 16.3. The largest absolute Gasteiger partial charge is 0.468 e. The minimum Gasteiger partial charge on any atom is -0.468 e. The van der Waals surface area contributed by atoms with Crippen LogP contribution >= 0.6 is 0 Å². The van der Waals surface area contributed by atoms with Crippen molar-refractivity contribution in [2.75, 3.05) is 9.80 Å². The van der Waals surface area contributed by atoms with Crippen LogP contribution in [0.5, 0.6) is 0 Å². The van der Waals surface area contributed by atoms with E-state index >= 15 is 0 Å². The van der Waals surface area contributed by atoms with Gasteiger partial charge in [-0.2, -0.15) is 0 Å². The highest BCUT2D eigenvalue weighted by molar-refractivity contribution is 7.00. The standard InChI is InChI=1S/C51H30BN3O2/c1-29-25-42-47-43(26-29)55-40-18-9-15-36-33-13-5-7-17-39(33)54(48(36)40)41-19-10-16-38(50(41)55)52(47)51-49(37-27-31(21-24-45(37)57-51)30-11-3-2-4-12-30)53(42)32-22-23-35-34-14-6-8-20-44(34)56-46(35)28-32/h2-28H,1H3/i2D,3D,4D,5D,6D,7D,8D,9D,10D,11D,12D,13D,14D,15D,16D,17D,18D,19D,20D,21D,22D,23D,24D,25D,26D,27D,28D. The number of rotatable bonds is 2. The predicted molar refractivity (Wildman–Crippen MR) is 236 cm³/mol. The van der Waals surface area contributed by atoms with Crippen LogP contribution in [0.15, 0.2) is 172 Å². The fourth-order valence-corrected chi connectivity index (χ4v) is 8.51. The molecule has 0 radical (unpaired) electrons. The van der Waals surface area contributed by atoms with Crippen LogP contribution in [0.25, 0.3) is 71.5 Å². The third-order valence-corrected chi connectivity index (χ3v) is 10.7. The summed E-state index contributed by atoms with van der Waals surface area (Å²) in [6, 6.07) is -21.0. The lowest BCUT2D eigenvalue weighted by atomic mass is 9.35. The Bertz CT molecular complexity index is 5140. The zero-order valence-corrected chi connectivity index (χ0v) is 28.7. The molecule has 0 N–H and O–H groups in total. The van der Waals surface area contributed by atoms with Gasteiger partial charge in [0.05, 0.1) is 76.5 Å². The van der Waals surface area contributed by atoms with Crippen LogP contribution in [0.4, 0.5) is 34.1 Å². The molecule has 0 atom stereocenters. The van der Waals surface area contributed by atoms with Crippen molar-refractivity contribution in [1.82, 2.24) is 4.57 Å². The first kappa shape index (κ1) is 14.6. The van der Waals surface area contributed by atoms with Gasteiger partial charge in [0.25, 0.3) is 6.71 Å². The average Bonchev–Trinajstić information content (AvgIpc) is 1.25. The Labute approximate surface area is 365 Å². The normalized spacial score (nSPS) is 20.2. The van der Waals surface area contributed by atoms with Gasteiger partial charge in [0.15, 0.2) is 0 Å². The molecule has 5 nitrogen and oxygen atoms in total. The van der Waals surface area contributed by atoms with E-state index in [4.69, 9.17) is 23.9 Å². The highest BCUT2D eigenvalue weighted by Gasteiger charge is 2.48. The minimum absolute atomic E-state index is 0.224. The van der Waals surface area contributed by atoms with Gasteiger partial charge < -0.3 is 23.2 Å². The van der Waals surface area contributed by atoms with Gasteiger partial charge in [0.2, 0.25) is 0 Å². The number of hydrogen-bond acceptors (Lipinski definition) is 4. The first-order chi connectivity index (χ1) is 39.5. The van der Waals surface area contributed by atoms with Gasteiger partial charge in [-0.15, -0.1) is 0 Å². The van der Waals surface area contributed by atoms with Crippen LogP contribution in [0.3, 0.4) is 0 Å². The number of benzene rings is 8. The zero-order chi connectivity index (χ0) is 60.6. The van der Waals surface area contributed by atoms with E-state index < -0.39 is 231 Å². The Morgan fingerprint density at radius 3 is 2.14 bits per heavy atom. The first-order valence-electron chi connectivity index (χ1n) is 30.9. The van der Waals surface area contributed by atoms with Gasteiger partial charge in [-0.1, -0.05) is 96.7 Å². The Kier molecular flexibility index (Phi) is 2.67. The summed E-state index contributed by atoms with van der Waals surface area (Å²) >= 11 is 0. The number of fused-ring (bicyclic) bond motifs is 14. The van der Waals surface area contributed by atoms with Gasteiger partial charge in [0, 0.05) is 50.0 Å². The van der Waals surface area contributed by atoms with Crippen molar-refractivity contribution in [2.45, 2.75) is 6.92 Å². The van der Waals surface area contributed by atoms with Gasteiger partial charge >= 0.3 is 0 Å². The summed E-state index contributed by atoms with van der Waals surface area (Å²) in [5.74, 6) is 0. The summed E-state index contributed by atoms with van der Waals surface area (Å²) in [5.41, 5.74) is -8.23. The fourth-order valence-electron chi connectivity index (χ4n) is 8.51. The number of aromatic nitrogens is 1. The molecule has 3 aliphatic rings.